The third kappa shape index (κ3) is 2.67. The van der Waals surface area contributed by atoms with Crippen molar-refractivity contribution in [2.24, 2.45) is 0 Å². The van der Waals surface area contributed by atoms with Crippen LogP contribution in [0.1, 0.15) is 22.1 Å². The van der Waals surface area contributed by atoms with E-state index in [1.54, 1.807) is 11.3 Å². The van der Waals surface area contributed by atoms with Crippen LogP contribution in [-0.4, -0.2) is 5.11 Å². The van der Waals surface area contributed by atoms with Crippen molar-refractivity contribution in [1.82, 2.24) is 0 Å². The zero-order valence-corrected chi connectivity index (χ0v) is 13.1. The summed E-state index contributed by atoms with van der Waals surface area (Å²) >= 11 is 7.32. The van der Waals surface area contributed by atoms with Crippen molar-refractivity contribution in [2.45, 2.75) is 13.0 Å². The van der Waals surface area contributed by atoms with Crippen LogP contribution in [0, 0.1) is 10.5 Å². The van der Waals surface area contributed by atoms with Crippen molar-refractivity contribution < 1.29 is 5.11 Å². The molecule has 84 valence electrons. The lowest BCUT2D eigenvalue weighted by atomic mass is 10.1. The van der Waals surface area contributed by atoms with Crippen LogP contribution in [0.2, 0.25) is 0 Å². The summed E-state index contributed by atoms with van der Waals surface area (Å²) in [5.74, 6) is 0. The van der Waals surface area contributed by atoms with E-state index in [-0.39, 0.29) is 0 Å². The number of rotatable bonds is 2. The van der Waals surface area contributed by atoms with Crippen molar-refractivity contribution in [3.05, 3.63) is 53.7 Å². The molecule has 2 aromatic rings. The summed E-state index contributed by atoms with van der Waals surface area (Å²) in [4.78, 5) is 0.977. The molecule has 1 atom stereocenters. The Labute approximate surface area is 121 Å². The Morgan fingerprint density at radius 1 is 1.31 bits per heavy atom. The molecule has 1 unspecified atom stereocenters. The van der Waals surface area contributed by atoms with Gasteiger partial charge in [-0.05, 0) is 74.8 Å². The van der Waals surface area contributed by atoms with Gasteiger partial charge in [0.05, 0.1) is 3.79 Å². The largest absolute Gasteiger partial charge is 0.383 e. The van der Waals surface area contributed by atoms with E-state index in [0.717, 1.165) is 14.2 Å². The standard InChI is InChI=1S/C12H10BrIOS/c1-7-6-10(16-12(7)13)11(15)8-2-4-9(14)5-3-8/h2-6,11,15H,1H3. The summed E-state index contributed by atoms with van der Waals surface area (Å²) in [6.45, 7) is 2.03. The van der Waals surface area contributed by atoms with Gasteiger partial charge in [0.2, 0.25) is 0 Å². The minimum atomic E-state index is -0.521. The lowest BCUT2D eigenvalue weighted by Crippen LogP contribution is -1.96. The first-order valence-electron chi connectivity index (χ1n) is 4.77. The van der Waals surface area contributed by atoms with Crippen LogP contribution in [0.4, 0.5) is 0 Å². The molecule has 16 heavy (non-hydrogen) atoms. The molecule has 0 saturated carbocycles. The van der Waals surface area contributed by atoms with Gasteiger partial charge in [-0.1, -0.05) is 12.1 Å². The zero-order valence-electron chi connectivity index (χ0n) is 8.58. The lowest BCUT2D eigenvalue weighted by Gasteiger charge is -2.08. The van der Waals surface area contributed by atoms with Gasteiger partial charge >= 0.3 is 0 Å². The number of halogens is 2. The molecule has 0 aliphatic rings. The van der Waals surface area contributed by atoms with Crippen LogP contribution < -0.4 is 0 Å². The van der Waals surface area contributed by atoms with Gasteiger partial charge in [-0.3, -0.25) is 0 Å². The minimum Gasteiger partial charge on any atom is -0.383 e. The molecule has 0 spiro atoms. The molecule has 0 bridgehead atoms. The van der Waals surface area contributed by atoms with Crippen LogP contribution >= 0.6 is 49.9 Å². The normalized spacial score (nSPS) is 12.8. The number of aliphatic hydroxyl groups excluding tert-OH is 1. The Morgan fingerprint density at radius 3 is 2.44 bits per heavy atom. The number of aryl methyl sites for hydroxylation is 1. The van der Waals surface area contributed by atoms with E-state index in [1.807, 2.05) is 37.3 Å². The Kier molecular flexibility index (Phi) is 4.05. The monoisotopic (exact) mass is 408 g/mol. The molecule has 2 rings (SSSR count). The lowest BCUT2D eigenvalue weighted by molar-refractivity contribution is 0.224. The minimum absolute atomic E-state index is 0.521. The van der Waals surface area contributed by atoms with E-state index in [2.05, 4.69) is 38.5 Å². The quantitative estimate of drug-likeness (QED) is 0.725. The van der Waals surface area contributed by atoms with Crippen molar-refractivity contribution in [3.8, 4) is 0 Å². The maximum Gasteiger partial charge on any atom is 0.113 e. The third-order valence-electron chi connectivity index (χ3n) is 2.33. The molecule has 0 fully saturated rings. The molecule has 0 saturated heterocycles. The van der Waals surface area contributed by atoms with Gasteiger partial charge in [0.25, 0.3) is 0 Å². The highest BCUT2D eigenvalue weighted by atomic mass is 127. The maximum atomic E-state index is 10.2. The number of thiophene rings is 1. The van der Waals surface area contributed by atoms with E-state index in [4.69, 9.17) is 0 Å². The maximum absolute atomic E-state index is 10.2. The number of aliphatic hydroxyl groups is 1. The smallest absolute Gasteiger partial charge is 0.113 e. The van der Waals surface area contributed by atoms with E-state index < -0.39 is 6.10 Å². The van der Waals surface area contributed by atoms with E-state index in [1.165, 1.54) is 9.13 Å². The first kappa shape index (κ1) is 12.5. The fourth-order valence-electron chi connectivity index (χ4n) is 1.43. The van der Waals surface area contributed by atoms with Gasteiger partial charge in [-0.2, -0.15) is 0 Å². The topological polar surface area (TPSA) is 20.2 Å². The summed E-state index contributed by atoms with van der Waals surface area (Å²) in [5.41, 5.74) is 2.11. The van der Waals surface area contributed by atoms with Gasteiger partial charge in [0.15, 0.2) is 0 Å². The first-order valence-corrected chi connectivity index (χ1v) is 7.46. The summed E-state index contributed by atoms with van der Waals surface area (Å²) in [5, 5.41) is 10.2. The van der Waals surface area contributed by atoms with Crippen molar-refractivity contribution in [3.63, 3.8) is 0 Å². The second kappa shape index (κ2) is 5.16. The Balaban J connectivity index is 2.31. The van der Waals surface area contributed by atoms with Crippen LogP contribution in [-0.2, 0) is 0 Å². The Bertz CT molecular complexity index is 473. The summed E-state index contributed by atoms with van der Waals surface area (Å²) in [6, 6.07) is 9.98. The van der Waals surface area contributed by atoms with Crippen LogP contribution in [0.3, 0.4) is 0 Å². The highest BCUT2D eigenvalue weighted by molar-refractivity contribution is 14.1. The molecular weight excluding hydrogens is 399 g/mol. The second-order valence-electron chi connectivity index (χ2n) is 3.56. The van der Waals surface area contributed by atoms with Crippen LogP contribution in [0.25, 0.3) is 0 Å². The molecule has 0 amide bonds. The predicted octanol–water partition coefficient (Wildman–Crippen LogP) is 4.51. The van der Waals surface area contributed by atoms with Crippen molar-refractivity contribution >= 4 is 49.9 Å². The summed E-state index contributed by atoms with van der Waals surface area (Å²) in [6.07, 6.45) is -0.521. The molecule has 1 nitrogen and oxygen atoms in total. The zero-order chi connectivity index (χ0) is 11.7. The Hall–Kier alpha value is 0.0900. The van der Waals surface area contributed by atoms with Gasteiger partial charge in [-0.15, -0.1) is 11.3 Å². The number of hydrogen-bond donors (Lipinski definition) is 1. The predicted molar refractivity (Wildman–Crippen MR) is 80.0 cm³/mol. The molecule has 1 aromatic heterocycles. The SMILES string of the molecule is Cc1cc(C(O)c2ccc(I)cc2)sc1Br. The van der Waals surface area contributed by atoms with Crippen LogP contribution in [0.5, 0.6) is 0 Å². The fourth-order valence-corrected chi connectivity index (χ4v) is 3.37. The van der Waals surface area contributed by atoms with E-state index >= 15 is 0 Å². The molecule has 4 heteroatoms. The summed E-state index contributed by atoms with van der Waals surface area (Å²) in [7, 11) is 0. The highest BCUT2D eigenvalue weighted by Gasteiger charge is 2.14. The second-order valence-corrected chi connectivity index (χ2v) is 7.21. The van der Waals surface area contributed by atoms with Gasteiger partial charge < -0.3 is 5.11 Å². The number of benzene rings is 1. The Morgan fingerprint density at radius 2 is 1.94 bits per heavy atom. The molecule has 1 N–H and O–H groups in total. The first-order chi connectivity index (χ1) is 7.58. The van der Waals surface area contributed by atoms with Gasteiger partial charge in [0.1, 0.15) is 6.10 Å². The average molecular weight is 409 g/mol. The molecule has 0 aliphatic carbocycles. The van der Waals surface area contributed by atoms with Gasteiger partial charge in [-0.25, -0.2) is 0 Å². The third-order valence-corrected chi connectivity index (χ3v) is 5.24. The van der Waals surface area contributed by atoms with Gasteiger partial charge in [0, 0.05) is 8.45 Å². The van der Waals surface area contributed by atoms with E-state index in [0.29, 0.717) is 0 Å². The van der Waals surface area contributed by atoms with Crippen LogP contribution in [0.15, 0.2) is 34.1 Å². The highest BCUT2D eigenvalue weighted by Crippen LogP contribution is 2.34. The van der Waals surface area contributed by atoms with Crippen molar-refractivity contribution in [1.29, 1.82) is 0 Å². The van der Waals surface area contributed by atoms with Crippen molar-refractivity contribution in [2.75, 3.05) is 0 Å². The summed E-state index contributed by atoms with van der Waals surface area (Å²) < 4.78 is 2.27. The molecule has 0 aliphatic heterocycles. The molecular formula is C12H10BrIOS. The fraction of sp³-hybridized carbons (Fsp3) is 0.167. The number of hydrogen-bond acceptors (Lipinski definition) is 2. The molecule has 0 radical (unpaired) electrons. The van der Waals surface area contributed by atoms with E-state index in [9.17, 15) is 5.11 Å². The average Bonchev–Trinajstić information content (AvgIpc) is 2.59. The molecule has 1 aromatic carbocycles. The molecule has 1 heterocycles.